The molecule has 2 aromatic carbocycles. The molecule has 0 radical (unpaired) electrons. The molecule has 3 atom stereocenters. The summed E-state index contributed by atoms with van der Waals surface area (Å²) in [6.07, 6.45) is -0.736. The summed E-state index contributed by atoms with van der Waals surface area (Å²) in [5, 5.41) is 29.8. The van der Waals surface area contributed by atoms with Crippen molar-refractivity contribution in [3.05, 3.63) is 70.9 Å². The Labute approximate surface area is 190 Å². The minimum atomic E-state index is -1.22. The normalized spacial score (nSPS) is 25.0. The van der Waals surface area contributed by atoms with Crippen LogP contribution in [0.25, 0.3) is 0 Å². The number of hydroxylamine groups is 2. The Kier molecular flexibility index (Phi) is 6.59. The number of carboxylic acid groups (broad SMARTS) is 1. The molecule has 2 heterocycles. The largest absolute Gasteiger partial charge is 0.604 e. The number of carbonyl (C=O) groups excluding carboxylic acids is 2. The maximum Gasteiger partial charge on any atom is 0.313 e. The van der Waals surface area contributed by atoms with Crippen molar-refractivity contribution in [2.45, 2.75) is 25.6 Å². The first-order chi connectivity index (χ1) is 15.9. The van der Waals surface area contributed by atoms with Gasteiger partial charge in [-0.3, -0.25) is 19.7 Å². The number of carboxylic acids is 1. The number of rotatable bonds is 6. The fourth-order valence-corrected chi connectivity index (χ4v) is 4.12. The molecular formula is C23H26N4O6. The van der Waals surface area contributed by atoms with Gasteiger partial charge < -0.3 is 20.4 Å². The van der Waals surface area contributed by atoms with E-state index in [1.54, 1.807) is 24.3 Å². The predicted molar refractivity (Wildman–Crippen MR) is 117 cm³/mol. The summed E-state index contributed by atoms with van der Waals surface area (Å²) in [5.41, 5.74) is 1.35. The van der Waals surface area contributed by atoms with Gasteiger partial charge in [0.1, 0.15) is 31.5 Å². The molecule has 2 aliphatic rings. The van der Waals surface area contributed by atoms with E-state index in [1.165, 1.54) is 0 Å². The molecule has 4 rings (SSSR count). The third kappa shape index (κ3) is 4.98. The fraction of sp³-hybridized carbons (Fsp3) is 0.348. The van der Waals surface area contributed by atoms with E-state index in [0.29, 0.717) is 17.9 Å². The van der Waals surface area contributed by atoms with Gasteiger partial charge in [-0.15, -0.1) is 0 Å². The molecule has 0 saturated carbocycles. The van der Waals surface area contributed by atoms with Crippen molar-refractivity contribution in [2.75, 3.05) is 19.8 Å². The highest BCUT2D eigenvalue weighted by molar-refractivity contribution is 5.94. The summed E-state index contributed by atoms with van der Waals surface area (Å²) >= 11 is 0. The average molecular weight is 454 g/mol. The van der Waals surface area contributed by atoms with Crippen molar-refractivity contribution in [3.8, 4) is 5.75 Å². The lowest BCUT2D eigenvalue weighted by molar-refractivity contribution is -1.01. The number of benzene rings is 2. The molecule has 2 fully saturated rings. The first kappa shape index (κ1) is 22.7. The van der Waals surface area contributed by atoms with E-state index in [1.807, 2.05) is 30.3 Å². The molecule has 2 aliphatic heterocycles. The number of fused-ring (bicyclic) bond motifs is 1. The van der Waals surface area contributed by atoms with E-state index < -0.39 is 28.7 Å². The van der Waals surface area contributed by atoms with Crippen LogP contribution in [0.5, 0.6) is 5.75 Å². The molecule has 2 amide bonds. The quantitative estimate of drug-likeness (QED) is 0.445. The highest BCUT2D eigenvalue weighted by Gasteiger charge is 2.48. The Morgan fingerprint density at radius 2 is 1.91 bits per heavy atom. The zero-order chi connectivity index (χ0) is 23.4. The van der Waals surface area contributed by atoms with Gasteiger partial charge in [-0.05, 0) is 29.8 Å². The third-order valence-corrected chi connectivity index (χ3v) is 5.96. The molecule has 0 spiro atoms. The van der Waals surface area contributed by atoms with Crippen LogP contribution < -0.4 is 15.4 Å². The highest BCUT2D eigenvalue weighted by Crippen LogP contribution is 2.29. The standard InChI is InChI=1S/C23H26N4O6/c28-21-11-10-20(27(32)13-18(23(30)31)12-24-15-26(21)27)25-22(29)17-6-8-19(9-7-17)33-14-16-4-2-1-3-5-16/h1-9,18,20,24H,10-15H2,(H,25,29)(H,30,31)/t18-,20?,27?/m0/s1. The molecular weight excluding hydrogens is 428 g/mol. The first-order valence-corrected chi connectivity index (χ1v) is 10.8. The van der Waals surface area contributed by atoms with Gasteiger partial charge in [0.2, 0.25) is 0 Å². The van der Waals surface area contributed by atoms with Crippen LogP contribution in [0, 0.1) is 11.1 Å². The predicted octanol–water partition coefficient (Wildman–Crippen LogP) is 1.44. The second-order valence-corrected chi connectivity index (χ2v) is 8.21. The van der Waals surface area contributed by atoms with E-state index in [-0.39, 0.29) is 38.5 Å². The molecule has 0 bridgehead atoms. The van der Waals surface area contributed by atoms with Gasteiger partial charge in [-0.25, -0.2) is 4.76 Å². The maximum absolute atomic E-state index is 13.7. The second-order valence-electron chi connectivity index (χ2n) is 8.21. The van der Waals surface area contributed by atoms with Crippen molar-refractivity contribution in [3.63, 3.8) is 0 Å². The molecule has 10 nitrogen and oxygen atoms in total. The highest BCUT2D eigenvalue weighted by atomic mass is 16.6. The van der Waals surface area contributed by atoms with Gasteiger partial charge in [0.05, 0.1) is 0 Å². The lowest BCUT2D eigenvalue weighted by Crippen LogP contribution is -2.71. The van der Waals surface area contributed by atoms with Crippen LogP contribution in [0.15, 0.2) is 54.6 Å². The van der Waals surface area contributed by atoms with Crippen LogP contribution in [-0.4, -0.2) is 58.6 Å². The third-order valence-electron chi connectivity index (χ3n) is 5.96. The topological polar surface area (TPSA) is 131 Å². The molecule has 2 saturated heterocycles. The Bertz CT molecular complexity index is 1020. The Balaban J connectivity index is 1.44. The van der Waals surface area contributed by atoms with Crippen LogP contribution in [0.1, 0.15) is 28.8 Å². The average Bonchev–Trinajstić information content (AvgIpc) is 3.01. The number of hydrogen-bond acceptors (Lipinski definition) is 6. The summed E-state index contributed by atoms with van der Waals surface area (Å²) in [7, 11) is 0. The molecule has 174 valence electrons. The molecule has 0 aliphatic carbocycles. The number of amides is 2. The molecule has 33 heavy (non-hydrogen) atoms. The van der Waals surface area contributed by atoms with Crippen molar-refractivity contribution < 1.29 is 29.0 Å². The first-order valence-electron chi connectivity index (χ1n) is 10.8. The minimum absolute atomic E-state index is 0.0636. The Morgan fingerprint density at radius 1 is 1.18 bits per heavy atom. The molecule has 10 heteroatoms. The summed E-state index contributed by atoms with van der Waals surface area (Å²) in [6, 6.07) is 16.2. The van der Waals surface area contributed by atoms with Gasteiger partial charge in [0.15, 0.2) is 6.17 Å². The molecule has 3 N–H and O–H groups in total. The van der Waals surface area contributed by atoms with E-state index in [9.17, 15) is 24.7 Å². The van der Waals surface area contributed by atoms with Gasteiger partial charge in [0, 0.05) is 24.9 Å². The van der Waals surface area contributed by atoms with Crippen LogP contribution in [0.4, 0.5) is 0 Å². The number of hydrogen-bond donors (Lipinski definition) is 3. The zero-order valence-corrected chi connectivity index (χ0v) is 18.0. The lowest BCUT2D eigenvalue weighted by atomic mass is 10.1. The van der Waals surface area contributed by atoms with Crippen molar-refractivity contribution >= 4 is 17.8 Å². The summed E-state index contributed by atoms with van der Waals surface area (Å²) in [6.45, 7) is 0.0664. The van der Waals surface area contributed by atoms with Gasteiger partial charge in [0.25, 0.3) is 11.8 Å². The zero-order valence-electron chi connectivity index (χ0n) is 18.0. The Morgan fingerprint density at radius 3 is 2.61 bits per heavy atom. The minimum Gasteiger partial charge on any atom is -0.604 e. The number of ether oxygens (including phenoxy) is 1. The molecule has 0 aromatic heterocycles. The van der Waals surface area contributed by atoms with E-state index in [0.717, 1.165) is 10.6 Å². The SMILES string of the molecule is O=C(NC1CCC(=O)N2CNC[C@H](C(=O)O)C[N+]12[O-])c1ccc(OCc2ccccc2)cc1. The monoisotopic (exact) mass is 454 g/mol. The van der Waals surface area contributed by atoms with Crippen molar-refractivity contribution in [1.82, 2.24) is 15.6 Å². The van der Waals surface area contributed by atoms with E-state index in [2.05, 4.69) is 10.6 Å². The number of quaternary nitrogens is 1. The lowest BCUT2D eigenvalue weighted by Gasteiger charge is -2.55. The van der Waals surface area contributed by atoms with Crippen molar-refractivity contribution in [2.24, 2.45) is 5.92 Å². The number of nitrogens with zero attached hydrogens (tertiary/aromatic N) is 2. The number of carbonyl (C=O) groups is 3. The van der Waals surface area contributed by atoms with Crippen molar-refractivity contribution in [1.29, 1.82) is 0 Å². The van der Waals surface area contributed by atoms with Gasteiger partial charge in [-0.2, -0.15) is 5.01 Å². The van der Waals surface area contributed by atoms with Crippen LogP contribution in [0.2, 0.25) is 0 Å². The van der Waals surface area contributed by atoms with Gasteiger partial charge in [-0.1, -0.05) is 30.3 Å². The van der Waals surface area contributed by atoms with Crippen LogP contribution >= 0.6 is 0 Å². The number of aliphatic carboxylic acids is 1. The Hall–Kier alpha value is -3.47. The van der Waals surface area contributed by atoms with Crippen LogP contribution in [0.3, 0.4) is 0 Å². The number of nitrogens with one attached hydrogen (secondary N) is 2. The summed E-state index contributed by atoms with van der Waals surface area (Å²) in [5.74, 6) is -2.33. The smallest absolute Gasteiger partial charge is 0.313 e. The second kappa shape index (κ2) is 9.57. The van der Waals surface area contributed by atoms with E-state index in [4.69, 9.17) is 4.74 Å². The summed E-state index contributed by atoms with van der Waals surface area (Å²) < 4.78 is 4.52. The summed E-state index contributed by atoms with van der Waals surface area (Å²) in [4.78, 5) is 36.8. The molecule has 2 aromatic rings. The maximum atomic E-state index is 13.7. The van der Waals surface area contributed by atoms with Crippen LogP contribution in [-0.2, 0) is 16.2 Å². The van der Waals surface area contributed by atoms with Gasteiger partial charge >= 0.3 is 5.97 Å². The molecule has 2 unspecified atom stereocenters. The van der Waals surface area contributed by atoms with E-state index >= 15 is 0 Å². The fourth-order valence-electron chi connectivity index (χ4n) is 4.12.